The number of aromatic hydroxyl groups is 1. The van der Waals surface area contributed by atoms with Gasteiger partial charge in [-0.3, -0.25) is 0 Å². The lowest BCUT2D eigenvalue weighted by Gasteiger charge is -2.22. The van der Waals surface area contributed by atoms with Crippen LogP contribution in [0.2, 0.25) is 0 Å². The molecule has 1 nitrogen and oxygen atoms in total. The minimum atomic E-state index is -0.496. The first kappa shape index (κ1) is 19.8. The second-order valence-corrected chi connectivity index (χ2v) is 10.5. The first-order valence-corrected chi connectivity index (χ1v) is 12.3. The summed E-state index contributed by atoms with van der Waals surface area (Å²) in [6.07, 6.45) is 1.00. The van der Waals surface area contributed by atoms with Crippen molar-refractivity contribution in [3.63, 3.8) is 0 Å². The van der Waals surface area contributed by atoms with Gasteiger partial charge in [0.15, 0.2) is 0 Å². The molecule has 0 bridgehead atoms. The van der Waals surface area contributed by atoms with Crippen LogP contribution < -0.4 is 21.2 Å². The normalized spacial score (nSPS) is 11.4. The van der Waals surface area contributed by atoms with Crippen molar-refractivity contribution in [1.29, 1.82) is 0 Å². The van der Waals surface area contributed by atoms with E-state index in [1.54, 1.807) is 6.07 Å². The van der Waals surface area contributed by atoms with E-state index in [4.69, 9.17) is 0 Å². The van der Waals surface area contributed by atoms with Gasteiger partial charge in [0.05, 0.1) is 0 Å². The minimum Gasteiger partial charge on any atom is -0.507 e. The number of phenols is 1. The Morgan fingerprint density at radius 3 is 1.90 bits per heavy atom. The lowest BCUT2D eigenvalue weighted by atomic mass is 10.1. The zero-order chi connectivity index (χ0) is 20.1. The molecule has 1 unspecified atom stereocenters. The van der Waals surface area contributed by atoms with Gasteiger partial charge < -0.3 is 5.11 Å². The topological polar surface area (TPSA) is 20.2 Å². The molecule has 0 saturated heterocycles. The Hall–Kier alpha value is -2.46. The lowest BCUT2D eigenvalue weighted by Crippen LogP contribution is -2.17. The molecule has 0 aliphatic heterocycles. The van der Waals surface area contributed by atoms with E-state index in [-0.39, 0.29) is 0 Å². The van der Waals surface area contributed by atoms with E-state index in [1.165, 1.54) is 27.0 Å². The van der Waals surface area contributed by atoms with Gasteiger partial charge in [0.1, 0.15) is 5.75 Å². The Kier molecular flexibility index (Phi) is 6.40. The Morgan fingerprint density at radius 1 is 0.690 bits per heavy atom. The molecular formula is C26H24OP2. The van der Waals surface area contributed by atoms with Crippen molar-refractivity contribution in [2.24, 2.45) is 0 Å². The molecule has 144 valence electrons. The van der Waals surface area contributed by atoms with Crippen LogP contribution in [-0.4, -0.2) is 5.11 Å². The van der Waals surface area contributed by atoms with Crippen molar-refractivity contribution in [3.8, 4) is 5.75 Å². The summed E-state index contributed by atoms with van der Waals surface area (Å²) in [6.45, 7) is 2.18. The van der Waals surface area contributed by atoms with Crippen molar-refractivity contribution in [2.45, 2.75) is 13.1 Å². The summed E-state index contributed by atoms with van der Waals surface area (Å²) < 4.78 is 0. The zero-order valence-corrected chi connectivity index (χ0v) is 18.3. The molecule has 0 spiro atoms. The van der Waals surface area contributed by atoms with E-state index in [0.717, 1.165) is 11.5 Å². The average molecular weight is 414 g/mol. The minimum absolute atomic E-state index is 0.383. The van der Waals surface area contributed by atoms with Gasteiger partial charge in [0.25, 0.3) is 0 Å². The summed E-state index contributed by atoms with van der Waals surface area (Å²) >= 11 is 0. The van der Waals surface area contributed by atoms with Crippen LogP contribution >= 0.6 is 16.5 Å². The van der Waals surface area contributed by atoms with Crippen molar-refractivity contribution in [3.05, 3.63) is 114 Å². The van der Waals surface area contributed by atoms with Crippen LogP contribution in [0.1, 0.15) is 11.1 Å². The first-order valence-electron chi connectivity index (χ1n) is 9.73. The van der Waals surface area contributed by atoms with E-state index < -0.39 is 7.92 Å². The molecule has 0 saturated carbocycles. The highest BCUT2D eigenvalue weighted by molar-refractivity contribution is 7.72. The SMILES string of the molecule is Cc1cccc(CP(c2ccccc2)c2ccccc2)c1Pc1ccccc1O. The van der Waals surface area contributed by atoms with Crippen molar-refractivity contribution < 1.29 is 5.11 Å². The molecule has 4 rings (SSSR count). The molecule has 0 fully saturated rings. The van der Waals surface area contributed by atoms with Gasteiger partial charge in [-0.2, -0.15) is 0 Å². The highest BCUT2D eigenvalue weighted by atomic mass is 31.1. The van der Waals surface area contributed by atoms with Gasteiger partial charge in [-0.1, -0.05) is 106 Å². The fourth-order valence-electron chi connectivity index (χ4n) is 3.47. The molecule has 0 radical (unpaired) electrons. The third-order valence-electron chi connectivity index (χ3n) is 4.99. The fourth-order valence-corrected chi connectivity index (χ4v) is 7.22. The van der Waals surface area contributed by atoms with Crippen molar-refractivity contribution in [1.82, 2.24) is 0 Å². The number of rotatable bonds is 6. The molecule has 1 N–H and O–H groups in total. The summed E-state index contributed by atoms with van der Waals surface area (Å²) in [5.74, 6) is 0.383. The van der Waals surface area contributed by atoms with E-state index in [1.807, 2.05) is 18.2 Å². The molecule has 0 amide bonds. The van der Waals surface area contributed by atoms with E-state index in [2.05, 4.69) is 85.8 Å². The summed E-state index contributed by atoms with van der Waals surface area (Å²) in [5.41, 5.74) is 2.67. The largest absolute Gasteiger partial charge is 0.507 e. The third kappa shape index (κ3) is 4.76. The number of hydrogen-bond donors (Lipinski definition) is 1. The van der Waals surface area contributed by atoms with Crippen LogP contribution in [0.25, 0.3) is 0 Å². The van der Waals surface area contributed by atoms with Crippen LogP contribution in [0.15, 0.2) is 103 Å². The predicted molar refractivity (Wildman–Crippen MR) is 130 cm³/mol. The summed E-state index contributed by atoms with van der Waals surface area (Å²) in [6, 6.07) is 36.0. The molecule has 0 heterocycles. The highest BCUT2D eigenvalue weighted by Crippen LogP contribution is 2.38. The Labute approximate surface area is 176 Å². The van der Waals surface area contributed by atoms with Crippen LogP contribution in [0.4, 0.5) is 0 Å². The van der Waals surface area contributed by atoms with Gasteiger partial charge in [-0.15, -0.1) is 0 Å². The number of aryl methyl sites for hydroxylation is 1. The molecular weight excluding hydrogens is 390 g/mol. The van der Waals surface area contributed by atoms with Crippen LogP contribution in [0.3, 0.4) is 0 Å². The van der Waals surface area contributed by atoms with Gasteiger partial charge >= 0.3 is 0 Å². The van der Waals surface area contributed by atoms with E-state index >= 15 is 0 Å². The number of hydrogen-bond acceptors (Lipinski definition) is 1. The molecule has 4 aromatic carbocycles. The van der Waals surface area contributed by atoms with E-state index in [0.29, 0.717) is 14.3 Å². The average Bonchev–Trinajstić information content (AvgIpc) is 2.76. The monoisotopic (exact) mass is 414 g/mol. The predicted octanol–water partition coefficient (Wildman–Crippen LogP) is 4.96. The summed E-state index contributed by atoms with van der Waals surface area (Å²) in [4.78, 5) is 0. The summed E-state index contributed by atoms with van der Waals surface area (Å²) in [7, 11) is -0.0476. The highest BCUT2D eigenvalue weighted by Gasteiger charge is 2.17. The van der Waals surface area contributed by atoms with Crippen LogP contribution in [0.5, 0.6) is 5.75 Å². The lowest BCUT2D eigenvalue weighted by molar-refractivity contribution is 0.480. The maximum Gasteiger partial charge on any atom is 0.123 e. The quantitative estimate of drug-likeness (QED) is 0.442. The maximum absolute atomic E-state index is 10.3. The molecule has 0 aliphatic carbocycles. The molecule has 4 aromatic rings. The Bertz CT molecular complexity index is 1040. The Balaban J connectivity index is 1.74. The van der Waals surface area contributed by atoms with Gasteiger partial charge in [0, 0.05) is 11.5 Å². The second kappa shape index (κ2) is 9.36. The smallest absolute Gasteiger partial charge is 0.123 e. The second-order valence-electron chi connectivity index (χ2n) is 7.01. The van der Waals surface area contributed by atoms with Gasteiger partial charge in [-0.05, 0) is 48.0 Å². The van der Waals surface area contributed by atoms with Crippen molar-refractivity contribution >= 4 is 37.7 Å². The van der Waals surface area contributed by atoms with Gasteiger partial charge in [0.2, 0.25) is 0 Å². The standard InChI is InChI=1S/C26H24OP2/c1-20-11-10-12-21(26(20)28-25-18-9-8-17-24(25)27)19-29(22-13-4-2-5-14-22)23-15-6-3-7-16-23/h2-18,27-28H,19H2,1H3. The molecule has 1 atom stereocenters. The Morgan fingerprint density at radius 2 is 1.28 bits per heavy atom. The first-order chi connectivity index (χ1) is 14.2. The molecule has 3 heteroatoms. The van der Waals surface area contributed by atoms with E-state index in [9.17, 15) is 5.11 Å². The van der Waals surface area contributed by atoms with Crippen LogP contribution in [0, 0.1) is 6.92 Å². The van der Waals surface area contributed by atoms with Gasteiger partial charge in [-0.25, -0.2) is 0 Å². The number of phenolic OH excluding ortho intramolecular Hbond substituents is 1. The maximum atomic E-state index is 10.3. The molecule has 0 aliphatic rings. The van der Waals surface area contributed by atoms with Crippen molar-refractivity contribution in [2.75, 3.05) is 0 Å². The third-order valence-corrected chi connectivity index (χ3v) is 9.14. The zero-order valence-electron chi connectivity index (χ0n) is 16.4. The molecule has 0 aromatic heterocycles. The molecule has 29 heavy (non-hydrogen) atoms. The fraction of sp³-hybridized carbons (Fsp3) is 0.0769. The van der Waals surface area contributed by atoms with Crippen LogP contribution in [-0.2, 0) is 6.16 Å². The summed E-state index contributed by atoms with van der Waals surface area (Å²) in [5, 5.41) is 15.5. The number of benzene rings is 4. The number of para-hydroxylation sites is 1.